The monoisotopic (exact) mass is 307 g/mol. The lowest BCUT2D eigenvalue weighted by Crippen LogP contribution is -2.34. The average Bonchev–Trinajstić information content (AvgIpc) is 2.57. The van der Waals surface area contributed by atoms with E-state index in [9.17, 15) is 9.90 Å². The number of likely N-dealkylation sites (N-methyl/N-ethyl adjacent to an activating group) is 1. The fourth-order valence-electron chi connectivity index (χ4n) is 3.54. The third kappa shape index (κ3) is 1.81. The molecule has 0 spiro atoms. The summed E-state index contributed by atoms with van der Waals surface area (Å²) >= 11 is 0. The zero-order valence-corrected chi connectivity index (χ0v) is 13.1. The molecule has 4 nitrogen and oxygen atoms in total. The third-order valence-corrected chi connectivity index (χ3v) is 4.70. The molecular weight excluding hydrogens is 290 g/mol. The summed E-state index contributed by atoms with van der Waals surface area (Å²) in [5, 5.41) is 14.7. The topological polar surface area (TPSA) is 49.8 Å². The van der Waals surface area contributed by atoms with E-state index in [1.54, 1.807) is 11.9 Å². The van der Waals surface area contributed by atoms with Crippen LogP contribution in [0.1, 0.15) is 15.9 Å². The van der Waals surface area contributed by atoms with Crippen molar-refractivity contribution < 1.29 is 14.6 Å². The number of carbonyl (C=O) groups excluding carboxylic acids is 1. The Kier molecular flexibility index (Phi) is 2.94. The molecule has 0 saturated carbocycles. The van der Waals surface area contributed by atoms with Gasteiger partial charge in [-0.15, -0.1) is 0 Å². The van der Waals surface area contributed by atoms with Crippen molar-refractivity contribution in [2.75, 3.05) is 20.7 Å². The van der Waals surface area contributed by atoms with Gasteiger partial charge in [-0.25, -0.2) is 0 Å². The molecule has 4 rings (SSSR count). The van der Waals surface area contributed by atoms with Crippen LogP contribution in [0.15, 0.2) is 36.4 Å². The summed E-state index contributed by atoms with van der Waals surface area (Å²) in [6.07, 6.45) is 0.726. The van der Waals surface area contributed by atoms with Crippen molar-refractivity contribution in [3.8, 4) is 11.5 Å². The van der Waals surface area contributed by atoms with Gasteiger partial charge in [0.25, 0.3) is 5.91 Å². The molecule has 1 amide bonds. The zero-order valence-electron chi connectivity index (χ0n) is 13.1. The molecule has 3 aromatic rings. The van der Waals surface area contributed by atoms with Gasteiger partial charge in [0.2, 0.25) is 0 Å². The number of ether oxygens (including phenoxy) is 1. The second-order valence-electron chi connectivity index (χ2n) is 5.92. The van der Waals surface area contributed by atoms with Crippen molar-refractivity contribution in [2.45, 2.75) is 6.42 Å². The number of benzene rings is 3. The Bertz CT molecular complexity index is 962. The molecule has 0 radical (unpaired) electrons. The van der Waals surface area contributed by atoms with Gasteiger partial charge in [-0.05, 0) is 28.1 Å². The van der Waals surface area contributed by atoms with E-state index < -0.39 is 0 Å². The standard InChI is InChI=1S/C19H17NO3/c1-20-10-9-14-13-8-7-11-5-3-4-6-12(11)15(13)18(23-2)17(21)16(14)19(20)22/h3-8,21H,9-10H2,1-2H3. The van der Waals surface area contributed by atoms with E-state index in [2.05, 4.69) is 6.07 Å². The number of phenolic OH excluding ortho intramolecular Hbond substituents is 1. The van der Waals surface area contributed by atoms with Crippen molar-refractivity contribution in [3.05, 3.63) is 47.5 Å². The first-order chi connectivity index (χ1) is 11.1. The Morgan fingerprint density at radius 2 is 1.91 bits per heavy atom. The van der Waals surface area contributed by atoms with Gasteiger partial charge in [0.15, 0.2) is 11.5 Å². The number of fused-ring (bicyclic) bond motifs is 5. The van der Waals surface area contributed by atoms with E-state index in [4.69, 9.17) is 4.74 Å². The van der Waals surface area contributed by atoms with Crippen LogP contribution in [0.5, 0.6) is 11.5 Å². The van der Waals surface area contributed by atoms with Crippen LogP contribution in [0.2, 0.25) is 0 Å². The zero-order chi connectivity index (χ0) is 16.1. The number of hydrogen-bond acceptors (Lipinski definition) is 3. The van der Waals surface area contributed by atoms with Crippen LogP contribution >= 0.6 is 0 Å². The number of carbonyl (C=O) groups is 1. The molecular formula is C19H17NO3. The van der Waals surface area contributed by atoms with Gasteiger partial charge in [0.1, 0.15) is 0 Å². The highest BCUT2D eigenvalue weighted by atomic mass is 16.5. The number of phenols is 1. The molecule has 0 bridgehead atoms. The minimum absolute atomic E-state index is 0.0529. The van der Waals surface area contributed by atoms with E-state index in [1.807, 2.05) is 30.3 Å². The van der Waals surface area contributed by atoms with Crippen LogP contribution < -0.4 is 4.74 Å². The van der Waals surface area contributed by atoms with E-state index in [-0.39, 0.29) is 11.7 Å². The normalized spacial score (nSPS) is 14.3. The van der Waals surface area contributed by atoms with Gasteiger partial charge in [-0.1, -0.05) is 36.4 Å². The minimum Gasteiger partial charge on any atom is -0.504 e. The average molecular weight is 307 g/mol. The number of methoxy groups -OCH3 is 1. The second-order valence-corrected chi connectivity index (χ2v) is 5.92. The molecule has 0 saturated heterocycles. The summed E-state index contributed by atoms with van der Waals surface area (Å²) in [6, 6.07) is 12.1. The first-order valence-electron chi connectivity index (χ1n) is 7.62. The van der Waals surface area contributed by atoms with E-state index >= 15 is 0 Å². The Labute approximate surface area is 133 Å². The predicted octanol–water partition coefficient (Wildman–Crippen LogP) is 3.34. The van der Waals surface area contributed by atoms with Gasteiger partial charge in [-0.3, -0.25) is 4.79 Å². The highest BCUT2D eigenvalue weighted by Gasteiger charge is 2.30. The van der Waals surface area contributed by atoms with Crippen molar-refractivity contribution in [3.63, 3.8) is 0 Å². The Morgan fingerprint density at radius 3 is 2.70 bits per heavy atom. The molecule has 4 heteroatoms. The number of amides is 1. The third-order valence-electron chi connectivity index (χ3n) is 4.70. The van der Waals surface area contributed by atoms with Gasteiger partial charge in [0, 0.05) is 19.0 Å². The van der Waals surface area contributed by atoms with E-state index in [0.717, 1.165) is 33.5 Å². The maximum absolute atomic E-state index is 12.5. The molecule has 1 N–H and O–H groups in total. The second kappa shape index (κ2) is 4.88. The number of rotatable bonds is 1. The van der Waals surface area contributed by atoms with Crippen LogP contribution in [0.4, 0.5) is 0 Å². The Hall–Kier alpha value is -2.75. The van der Waals surface area contributed by atoms with Gasteiger partial charge in [-0.2, -0.15) is 0 Å². The predicted molar refractivity (Wildman–Crippen MR) is 90.3 cm³/mol. The molecule has 1 heterocycles. The quantitative estimate of drug-likeness (QED) is 0.702. The number of nitrogens with zero attached hydrogens (tertiary/aromatic N) is 1. The van der Waals surface area contributed by atoms with Crippen LogP contribution in [0, 0.1) is 0 Å². The highest BCUT2D eigenvalue weighted by molar-refractivity contribution is 6.16. The van der Waals surface area contributed by atoms with Crippen molar-refractivity contribution in [2.24, 2.45) is 0 Å². The lowest BCUT2D eigenvalue weighted by atomic mass is 9.89. The van der Waals surface area contributed by atoms with Gasteiger partial charge >= 0.3 is 0 Å². The largest absolute Gasteiger partial charge is 0.504 e. The van der Waals surface area contributed by atoms with Crippen molar-refractivity contribution >= 4 is 27.5 Å². The summed E-state index contributed by atoms with van der Waals surface area (Å²) in [4.78, 5) is 14.2. The van der Waals surface area contributed by atoms with Crippen LogP contribution in [0.25, 0.3) is 21.5 Å². The first kappa shape index (κ1) is 13.9. The molecule has 1 aliphatic heterocycles. The molecule has 0 aromatic heterocycles. The van der Waals surface area contributed by atoms with Crippen LogP contribution in [-0.2, 0) is 6.42 Å². The maximum Gasteiger partial charge on any atom is 0.257 e. The van der Waals surface area contributed by atoms with Crippen LogP contribution in [-0.4, -0.2) is 36.6 Å². The molecule has 1 aliphatic rings. The number of hydrogen-bond donors (Lipinski definition) is 1. The highest BCUT2D eigenvalue weighted by Crippen LogP contribution is 2.45. The van der Waals surface area contributed by atoms with Crippen molar-refractivity contribution in [1.29, 1.82) is 0 Å². The lowest BCUT2D eigenvalue weighted by molar-refractivity contribution is 0.0777. The molecule has 0 aliphatic carbocycles. The summed E-state index contributed by atoms with van der Waals surface area (Å²) in [7, 11) is 3.28. The smallest absolute Gasteiger partial charge is 0.257 e. The SMILES string of the molecule is COc1c(O)c2c(c3ccc4ccccc4c13)CCN(C)C2=O. The Balaban J connectivity index is 2.23. The maximum atomic E-state index is 12.5. The summed E-state index contributed by atoms with van der Waals surface area (Å²) in [6.45, 7) is 0.652. The fraction of sp³-hybridized carbons (Fsp3) is 0.211. The van der Waals surface area contributed by atoms with Gasteiger partial charge < -0.3 is 14.7 Å². The molecule has 116 valence electrons. The first-order valence-corrected chi connectivity index (χ1v) is 7.62. The fourth-order valence-corrected chi connectivity index (χ4v) is 3.54. The number of aromatic hydroxyl groups is 1. The summed E-state index contributed by atoms with van der Waals surface area (Å²) in [5.74, 6) is 0.166. The van der Waals surface area contributed by atoms with E-state index in [0.29, 0.717) is 17.9 Å². The Morgan fingerprint density at radius 1 is 1.13 bits per heavy atom. The van der Waals surface area contributed by atoms with E-state index in [1.165, 1.54) is 7.11 Å². The molecule has 0 atom stereocenters. The summed E-state index contributed by atoms with van der Waals surface area (Å²) < 4.78 is 5.50. The molecule has 3 aromatic carbocycles. The molecule has 0 unspecified atom stereocenters. The van der Waals surface area contributed by atoms with Gasteiger partial charge in [0.05, 0.1) is 12.7 Å². The lowest BCUT2D eigenvalue weighted by Gasteiger charge is -2.28. The summed E-state index contributed by atoms with van der Waals surface area (Å²) in [5.41, 5.74) is 1.28. The van der Waals surface area contributed by atoms with Crippen molar-refractivity contribution in [1.82, 2.24) is 4.90 Å². The van der Waals surface area contributed by atoms with Crippen LogP contribution in [0.3, 0.4) is 0 Å². The molecule has 0 fully saturated rings. The minimum atomic E-state index is -0.155. The molecule has 23 heavy (non-hydrogen) atoms.